The molecular weight excluding hydrogens is 264 g/mol. The van der Waals surface area contributed by atoms with E-state index in [2.05, 4.69) is 48.2 Å². The van der Waals surface area contributed by atoms with Crippen molar-refractivity contribution in [3.63, 3.8) is 0 Å². The molecule has 0 saturated carbocycles. The summed E-state index contributed by atoms with van der Waals surface area (Å²) in [5.41, 5.74) is 2.26. The molecule has 2 heterocycles. The van der Waals surface area contributed by atoms with E-state index in [1.54, 1.807) is 0 Å². The summed E-state index contributed by atoms with van der Waals surface area (Å²) in [5, 5.41) is 7.51. The highest BCUT2D eigenvalue weighted by molar-refractivity contribution is 5.10. The minimum Gasteiger partial charge on any atom is -0.360 e. The second kappa shape index (κ2) is 6.83. The van der Waals surface area contributed by atoms with Crippen molar-refractivity contribution >= 4 is 0 Å². The van der Waals surface area contributed by atoms with Crippen molar-refractivity contribution in [3.8, 4) is 0 Å². The molecule has 114 valence electrons. The SMILES string of the molecule is CN(Cc1ccncc1)Cc1cc(CNC(C)(C)C)no1. The first-order valence-electron chi connectivity index (χ1n) is 7.19. The molecule has 2 aromatic heterocycles. The fourth-order valence-corrected chi connectivity index (χ4v) is 1.99. The van der Waals surface area contributed by atoms with Gasteiger partial charge in [-0.1, -0.05) is 5.16 Å². The smallest absolute Gasteiger partial charge is 0.151 e. The van der Waals surface area contributed by atoms with Crippen molar-refractivity contribution in [2.75, 3.05) is 7.05 Å². The third-order valence-electron chi connectivity index (χ3n) is 3.04. The summed E-state index contributed by atoms with van der Waals surface area (Å²) in [6.07, 6.45) is 3.63. The monoisotopic (exact) mass is 288 g/mol. The number of hydrogen-bond acceptors (Lipinski definition) is 5. The highest BCUT2D eigenvalue weighted by Crippen LogP contribution is 2.10. The molecule has 5 nitrogen and oxygen atoms in total. The van der Waals surface area contributed by atoms with Crippen molar-refractivity contribution in [1.82, 2.24) is 20.4 Å². The normalized spacial score (nSPS) is 12.0. The van der Waals surface area contributed by atoms with E-state index in [0.717, 1.165) is 31.1 Å². The van der Waals surface area contributed by atoms with Crippen LogP contribution < -0.4 is 5.32 Å². The third kappa shape index (κ3) is 5.65. The molecule has 0 saturated heterocycles. The van der Waals surface area contributed by atoms with Gasteiger partial charge in [-0.05, 0) is 45.5 Å². The van der Waals surface area contributed by atoms with E-state index in [4.69, 9.17) is 4.52 Å². The molecule has 0 unspecified atom stereocenters. The lowest BCUT2D eigenvalue weighted by Crippen LogP contribution is -2.35. The maximum Gasteiger partial charge on any atom is 0.151 e. The molecule has 0 atom stereocenters. The van der Waals surface area contributed by atoms with Crippen molar-refractivity contribution in [2.45, 2.75) is 45.9 Å². The Morgan fingerprint density at radius 3 is 2.57 bits per heavy atom. The summed E-state index contributed by atoms with van der Waals surface area (Å²) >= 11 is 0. The summed E-state index contributed by atoms with van der Waals surface area (Å²) in [6, 6.07) is 6.06. The minimum atomic E-state index is 0.0806. The van der Waals surface area contributed by atoms with Crippen LogP contribution in [0.5, 0.6) is 0 Å². The predicted molar refractivity (Wildman–Crippen MR) is 82.5 cm³/mol. The van der Waals surface area contributed by atoms with Gasteiger partial charge < -0.3 is 9.84 Å². The van der Waals surface area contributed by atoms with Gasteiger partial charge in [0.05, 0.1) is 12.2 Å². The lowest BCUT2D eigenvalue weighted by molar-refractivity contribution is 0.265. The van der Waals surface area contributed by atoms with Crippen LogP contribution in [0.1, 0.15) is 37.8 Å². The Labute approximate surface area is 126 Å². The molecule has 0 radical (unpaired) electrons. The highest BCUT2D eigenvalue weighted by Gasteiger charge is 2.12. The topological polar surface area (TPSA) is 54.2 Å². The molecule has 0 aliphatic heterocycles. The lowest BCUT2D eigenvalue weighted by atomic mass is 10.1. The van der Waals surface area contributed by atoms with Crippen LogP contribution in [0.3, 0.4) is 0 Å². The van der Waals surface area contributed by atoms with Gasteiger partial charge in [0.15, 0.2) is 5.76 Å². The number of nitrogens with zero attached hydrogens (tertiary/aromatic N) is 3. The summed E-state index contributed by atoms with van der Waals surface area (Å²) in [5.74, 6) is 0.886. The third-order valence-corrected chi connectivity index (χ3v) is 3.04. The zero-order chi connectivity index (χ0) is 15.3. The highest BCUT2D eigenvalue weighted by atomic mass is 16.5. The zero-order valence-corrected chi connectivity index (χ0v) is 13.3. The molecule has 0 aliphatic carbocycles. The van der Waals surface area contributed by atoms with Crippen molar-refractivity contribution in [2.24, 2.45) is 0 Å². The van der Waals surface area contributed by atoms with Crippen LogP contribution in [-0.2, 0) is 19.6 Å². The average Bonchev–Trinajstić information content (AvgIpc) is 2.84. The van der Waals surface area contributed by atoms with Crippen LogP contribution in [0.2, 0.25) is 0 Å². The van der Waals surface area contributed by atoms with Gasteiger partial charge >= 0.3 is 0 Å². The number of pyridine rings is 1. The lowest BCUT2D eigenvalue weighted by Gasteiger charge is -2.19. The molecule has 0 bridgehead atoms. The molecule has 0 spiro atoms. The van der Waals surface area contributed by atoms with Gasteiger partial charge in [-0.15, -0.1) is 0 Å². The van der Waals surface area contributed by atoms with Crippen LogP contribution in [0.25, 0.3) is 0 Å². The van der Waals surface area contributed by atoms with E-state index < -0.39 is 0 Å². The Kier molecular flexibility index (Phi) is 5.09. The number of nitrogens with one attached hydrogen (secondary N) is 1. The molecule has 0 fully saturated rings. The van der Waals surface area contributed by atoms with E-state index in [1.807, 2.05) is 30.6 Å². The van der Waals surface area contributed by atoms with Crippen molar-refractivity contribution < 1.29 is 4.52 Å². The number of aromatic nitrogens is 2. The Hall–Kier alpha value is -1.72. The summed E-state index contributed by atoms with van der Waals surface area (Å²) < 4.78 is 5.39. The fraction of sp³-hybridized carbons (Fsp3) is 0.500. The largest absolute Gasteiger partial charge is 0.360 e. The summed E-state index contributed by atoms with van der Waals surface area (Å²) in [7, 11) is 2.07. The van der Waals surface area contributed by atoms with Gasteiger partial charge in [0.1, 0.15) is 0 Å². The van der Waals surface area contributed by atoms with Crippen LogP contribution in [0.4, 0.5) is 0 Å². The Bertz CT molecular complexity index is 545. The van der Waals surface area contributed by atoms with E-state index in [-0.39, 0.29) is 5.54 Å². The van der Waals surface area contributed by atoms with Gasteiger partial charge in [-0.3, -0.25) is 9.88 Å². The predicted octanol–water partition coefficient (Wildman–Crippen LogP) is 2.59. The Morgan fingerprint density at radius 2 is 1.90 bits per heavy atom. The number of rotatable bonds is 6. The number of hydrogen-bond donors (Lipinski definition) is 1. The van der Waals surface area contributed by atoms with Crippen LogP contribution in [-0.4, -0.2) is 27.6 Å². The first-order chi connectivity index (χ1) is 9.92. The van der Waals surface area contributed by atoms with Gasteiger partial charge in [-0.25, -0.2) is 0 Å². The fourth-order valence-electron chi connectivity index (χ4n) is 1.99. The van der Waals surface area contributed by atoms with Crippen LogP contribution >= 0.6 is 0 Å². The molecule has 21 heavy (non-hydrogen) atoms. The van der Waals surface area contributed by atoms with Crippen LogP contribution in [0, 0.1) is 0 Å². The average molecular weight is 288 g/mol. The first kappa shape index (κ1) is 15.7. The van der Waals surface area contributed by atoms with E-state index in [1.165, 1.54) is 5.56 Å². The molecule has 0 aliphatic rings. The minimum absolute atomic E-state index is 0.0806. The summed E-state index contributed by atoms with van der Waals surface area (Å²) in [6.45, 7) is 8.73. The Morgan fingerprint density at radius 1 is 1.19 bits per heavy atom. The van der Waals surface area contributed by atoms with Gasteiger partial charge in [0.2, 0.25) is 0 Å². The second-order valence-corrected chi connectivity index (χ2v) is 6.42. The van der Waals surface area contributed by atoms with Crippen molar-refractivity contribution in [3.05, 3.63) is 47.6 Å². The molecule has 0 amide bonds. The van der Waals surface area contributed by atoms with E-state index in [9.17, 15) is 0 Å². The zero-order valence-electron chi connectivity index (χ0n) is 13.3. The maximum absolute atomic E-state index is 5.39. The second-order valence-electron chi connectivity index (χ2n) is 6.42. The van der Waals surface area contributed by atoms with Gasteiger partial charge in [0.25, 0.3) is 0 Å². The molecule has 1 N–H and O–H groups in total. The maximum atomic E-state index is 5.39. The molecule has 5 heteroatoms. The van der Waals surface area contributed by atoms with Crippen LogP contribution in [0.15, 0.2) is 35.1 Å². The van der Waals surface area contributed by atoms with Gasteiger partial charge in [-0.2, -0.15) is 0 Å². The quantitative estimate of drug-likeness (QED) is 0.885. The van der Waals surface area contributed by atoms with Crippen molar-refractivity contribution in [1.29, 1.82) is 0 Å². The molecule has 2 rings (SSSR count). The van der Waals surface area contributed by atoms with E-state index >= 15 is 0 Å². The van der Waals surface area contributed by atoms with Gasteiger partial charge in [0, 0.05) is 37.1 Å². The Balaban J connectivity index is 1.84. The molecular formula is C16H24N4O. The molecule has 2 aromatic rings. The molecule has 0 aromatic carbocycles. The standard InChI is InChI=1S/C16H24N4O/c1-16(2,3)18-10-14-9-15(21-19-14)12-20(4)11-13-5-7-17-8-6-13/h5-9,18H,10-12H2,1-4H3. The first-order valence-corrected chi connectivity index (χ1v) is 7.19. The summed E-state index contributed by atoms with van der Waals surface area (Å²) in [4.78, 5) is 6.22. The van der Waals surface area contributed by atoms with E-state index in [0.29, 0.717) is 0 Å².